The molecule has 0 saturated heterocycles. The zero-order chi connectivity index (χ0) is 11.0. The van der Waals surface area contributed by atoms with Crippen LogP contribution in [0.5, 0.6) is 0 Å². The SMILES string of the molecule is [CH2]C(C)c1c(C)c(C)c(C)c(C)c1C. The first kappa shape index (κ1) is 11.3. The Bertz CT molecular complexity index is 328. The van der Waals surface area contributed by atoms with E-state index in [1.54, 1.807) is 0 Å². The van der Waals surface area contributed by atoms with Crippen molar-refractivity contribution in [3.05, 3.63) is 40.3 Å². The molecule has 0 aliphatic carbocycles. The molecule has 0 saturated carbocycles. The van der Waals surface area contributed by atoms with Crippen LogP contribution in [0.4, 0.5) is 0 Å². The molecule has 0 spiro atoms. The predicted molar refractivity (Wildman–Crippen MR) is 63.9 cm³/mol. The van der Waals surface area contributed by atoms with Gasteiger partial charge >= 0.3 is 0 Å². The van der Waals surface area contributed by atoms with Crippen LogP contribution in [0.1, 0.15) is 46.2 Å². The molecule has 0 heterocycles. The largest absolute Gasteiger partial charge is 0.0584 e. The standard InChI is InChI=1S/C14H21/c1-8(2)14-12(6)10(4)9(3)11(5)13(14)7/h8H,1H2,2-7H3. The van der Waals surface area contributed by atoms with Crippen LogP contribution in [0.25, 0.3) is 0 Å². The molecule has 0 heteroatoms. The monoisotopic (exact) mass is 189 g/mol. The lowest BCUT2D eigenvalue weighted by molar-refractivity contribution is 0.918. The van der Waals surface area contributed by atoms with Crippen LogP contribution < -0.4 is 0 Å². The van der Waals surface area contributed by atoms with E-state index in [-0.39, 0.29) is 0 Å². The molecule has 0 aliphatic rings. The zero-order valence-electron chi connectivity index (χ0n) is 10.3. The van der Waals surface area contributed by atoms with Crippen molar-refractivity contribution in [2.45, 2.75) is 47.5 Å². The van der Waals surface area contributed by atoms with Crippen molar-refractivity contribution in [2.75, 3.05) is 0 Å². The Labute approximate surface area is 88.4 Å². The smallest absolute Gasteiger partial charge is 0.0185 e. The van der Waals surface area contributed by atoms with E-state index in [9.17, 15) is 0 Å². The Morgan fingerprint density at radius 3 is 1.29 bits per heavy atom. The Kier molecular flexibility index (Phi) is 3.04. The van der Waals surface area contributed by atoms with E-state index in [4.69, 9.17) is 0 Å². The quantitative estimate of drug-likeness (QED) is 0.622. The van der Waals surface area contributed by atoms with Crippen molar-refractivity contribution < 1.29 is 0 Å². The summed E-state index contributed by atoms with van der Waals surface area (Å²) < 4.78 is 0. The van der Waals surface area contributed by atoms with Gasteiger partial charge in [-0.25, -0.2) is 0 Å². The van der Waals surface area contributed by atoms with Gasteiger partial charge in [0.15, 0.2) is 0 Å². The molecule has 77 valence electrons. The summed E-state index contributed by atoms with van der Waals surface area (Å²) in [6, 6.07) is 0. The van der Waals surface area contributed by atoms with E-state index in [1.807, 2.05) is 0 Å². The molecule has 1 rings (SSSR count). The second-order valence-electron chi connectivity index (χ2n) is 4.44. The lowest BCUT2D eigenvalue weighted by Crippen LogP contribution is -2.04. The maximum absolute atomic E-state index is 4.14. The van der Waals surface area contributed by atoms with Crippen LogP contribution in [0, 0.1) is 41.5 Å². The summed E-state index contributed by atoms with van der Waals surface area (Å²) in [6.07, 6.45) is 0. The van der Waals surface area contributed by atoms with Gasteiger partial charge in [0.2, 0.25) is 0 Å². The summed E-state index contributed by atoms with van der Waals surface area (Å²) in [6.45, 7) is 17.4. The van der Waals surface area contributed by atoms with E-state index >= 15 is 0 Å². The number of rotatable bonds is 1. The van der Waals surface area contributed by atoms with Crippen molar-refractivity contribution >= 4 is 0 Å². The highest BCUT2D eigenvalue weighted by molar-refractivity contribution is 5.50. The molecule has 0 N–H and O–H groups in total. The molecule has 0 amide bonds. The maximum atomic E-state index is 4.14. The third-order valence-corrected chi connectivity index (χ3v) is 3.55. The molecule has 0 aliphatic heterocycles. The first-order valence-corrected chi connectivity index (χ1v) is 5.27. The van der Waals surface area contributed by atoms with Crippen LogP contribution in [-0.2, 0) is 0 Å². The van der Waals surface area contributed by atoms with Crippen LogP contribution >= 0.6 is 0 Å². The van der Waals surface area contributed by atoms with Crippen molar-refractivity contribution in [2.24, 2.45) is 0 Å². The second kappa shape index (κ2) is 3.76. The molecule has 0 bridgehead atoms. The van der Waals surface area contributed by atoms with Gasteiger partial charge in [-0.3, -0.25) is 0 Å². The molecule has 14 heavy (non-hydrogen) atoms. The first-order chi connectivity index (χ1) is 6.37. The number of hydrogen-bond donors (Lipinski definition) is 0. The van der Waals surface area contributed by atoms with Crippen LogP contribution in [0.15, 0.2) is 0 Å². The number of hydrogen-bond acceptors (Lipinski definition) is 0. The Morgan fingerprint density at radius 2 is 1.00 bits per heavy atom. The van der Waals surface area contributed by atoms with Gasteiger partial charge < -0.3 is 0 Å². The molecule has 0 fully saturated rings. The van der Waals surface area contributed by atoms with Crippen molar-refractivity contribution in [1.82, 2.24) is 0 Å². The summed E-state index contributed by atoms with van der Waals surface area (Å²) >= 11 is 0. The lowest BCUT2D eigenvalue weighted by atomic mass is 9.85. The third kappa shape index (κ3) is 1.58. The molecular weight excluding hydrogens is 168 g/mol. The van der Waals surface area contributed by atoms with Gasteiger partial charge in [0.05, 0.1) is 0 Å². The fourth-order valence-corrected chi connectivity index (χ4v) is 2.27. The lowest BCUT2D eigenvalue weighted by Gasteiger charge is -2.20. The summed E-state index contributed by atoms with van der Waals surface area (Å²) in [7, 11) is 0. The topological polar surface area (TPSA) is 0 Å². The zero-order valence-corrected chi connectivity index (χ0v) is 10.3. The molecule has 1 radical (unpaired) electrons. The Morgan fingerprint density at radius 1 is 0.714 bits per heavy atom. The van der Waals surface area contributed by atoms with Crippen molar-refractivity contribution in [1.29, 1.82) is 0 Å². The van der Waals surface area contributed by atoms with Crippen LogP contribution in [0.3, 0.4) is 0 Å². The highest BCUT2D eigenvalue weighted by Gasteiger charge is 2.13. The van der Waals surface area contributed by atoms with E-state index in [1.165, 1.54) is 33.4 Å². The van der Waals surface area contributed by atoms with Gasteiger partial charge in [0.1, 0.15) is 0 Å². The first-order valence-electron chi connectivity index (χ1n) is 5.27. The van der Waals surface area contributed by atoms with Crippen molar-refractivity contribution in [3.8, 4) is 0 Å². The van der Waals surface area contributed by atoms with E-state index in [0.29, 0.717) is 5.92 Å². The molecule has 0 nitrogen and oxygen atoms in total. The van der Waals surface area contributed by atoms with Gasteiger partial charge in [-0.15, -0.1) is 0 Å². The summed E-state index contributed by atoms with van der Waals surface area (Å²) in [4.78, 5) is 0. The maximum Gasteiger partial charge on any atom is -0.0185 e. The Balaban J connectivity index is 3.60. The molecular formula is C14H21. The fourth-order valence-electron chi connectivity index (χ4n) is 2.27. The van der Waals surface area contributed by atoms with E-state index < -0.39 is 0 Å². The average molecular weight is 189 g/mol. The summed E-state index contributed by atoms with van der Waals surface area (Å²) in [5.74, 6) is 0.382. The number of benzene rings is 1. The molecule has 1 unspecified atom stereocenters. The predicted octanol–water partition coefficient (Wildman–Crippen LogP) is 4.17. The van der Waals surface area contributed by atoms with Gasteiger partial charge in [-0.1, -0.05) is 6.92 Å². The van der Waals surface area contributed by atoms with Crippen LogP contribution in [0.2, 0.25) is 0 Å². The minimum absolute atomic E-state index is 0.382. The van der Waals surface area contributed by atoms with E-state index in [2.05, 4.69) is 48.5 Å². The average Bonchev–Trinajstić information content (AvgIpc) is 2.11. The molecule has 1 aromatic rings. The third-order valence-electron chi connectivity index (χ3n) is 3.55. The minimum atomic E-state index is 0.382. The van der Waals surface area contributed by atoms with Gasteiger partial charge in [0.25, 0.3) is 0 Å². The highest BCUT2D eigenvalue weighted by Crippen LogP contribution is 2.30. The molecule has 0 aromatic heterocycles. The van der Waals surface area contributed by atoms with Gasteiger partial charge in [-0.2, -0.15) is 0 Å². The molecule has 1 atom stereocenters. The van der Waals surface area contributed by atoms with E-state index in [0.717, 1.165) is 0 Å². The van der Waals surface area contributed by atoms with Gasteiger partial charge in [0, 0.05) is 0 Å². The normalized spacial score (nSPS) is 11.1. The van der Waals surface area contributed by atoms with Gasteiger partial charge in [-0.05, 0) is 80.8 Å². The van der Waals surface area contributed by atoms with Crippen molar-refractivity contribution in [3.63, 3.8) is 0 Å². The Hall–Kier alpha value is -0.780. The molecule has 1 aromatic carbocycles. The minimum Gasteiger partial charge on any atom is -0.0584 e. The fraction of sp³-hybridized carbons (Fsp3) is 0.500. The summed E-state index contributed by atoms with van der Waals surface area (Å²) in [5.41, 5.74) is 8.58. The summed E-state index contributed by atoms with van der Waals surface area (Å²) in [5, 5.41) is 0. The second-order valence-corrected chi connectivity index (χ2v) is 4.44. The van der Waals surface area contributed by atoms with Crippen LogP contribution in [-0.4, -0.2) is 0 Å². The highest BCUT2D eigenvalue weighted by atomic mass is 14.2.